The highest BCUT2D eigenvalue weighted by Crippen LogP contribution is 2.27. The van der Waals surface area contributed by atoms with Crippen molar-refractivity contribution < 1.29 is 19.2 Å². The lowest BCUT2D eigenvalue weighted by atomic mass is 9.98. The SMILES string of the molecule is CC(C)CC(NC(=O)C(Cc1ccccc1)NC(=O)C(N)Cc1ccccc1)C(=O)NC(CCCCN)C(=O)NC1CC2CCC(C1)N2. The van der Waals surface area contributed by atoms with Crippen LogP contribution in [0.4, 0.5) is 0 Å². The number of carbonyl (C=O) groups is 4. The summed E-state index contributed by atoms with van der Waals surface area (Å²) in [5.74, 6) is -1.52. The van der Waals surface area contributed by atoms with Crippen LogP contribution in [-0.4, -0.2) is 72.5 Å². The van der Waals surface area contributed by atoms with Crippen LogP contribution in [0.1, 0.15) is 76.3 Å². The lowest BCUT2D eigenvalue weighted by molar-refractivity contribution is -0.134. The van der Waals surface area contributed by atoms with Crippen LogP contribution in [0.5, 0.6) is 0 Å². The van der Waals surface area contributed by atoms with E-state index in [0.29, 0.717) is 44.3 Å². The Kier molecular flexibility index (Phi) is 14.4. The Bertz CT molecular complexity index is 1310. The minimum absolute atomic E-state index is 0.0620. The monoisotopic (exact) mass is 661 g/mol. The third kappa shape index (κ3) is 11.7. The maximum Gasteiger partial charge on any atom is 0.243 e. The van der Waals surface area contributed by atoms with Crippen LogP contribution in [0.25, 0.3) is 0 Å². The second-order valence-corrected chi connectivity index (χ2v) is 13.9. The number of rotatable bonds is 18. The minimum Gasteiger partial charge on any atom is -0.351 e. The Morgan fingerprint density at radius 3 is 1.85 bits per heavy atom. The van der Waals surface area contributed by atoms with Crippen LogP contribution in [0.3, 0.4) is 0 Å². The Morgan fingerprint density at radius 1 is 0.729 bits per heavy atom. The highest BCUT2D eigenvalue weighted by atomic mass is 16.2. The Hall–Kier alpha value is -3.80. The van der Waals surface area contributed by atoms with Gasteiger partial charge in [0.15, 0.2) is 0 Å². The van der Waals surface area contributed by atoms with Crippen molar-refractivity contribution in [2.75, 3.05) is 6.54 Å². The van der Waals surface area contributed by atoms with Crippen LogP contribution in [0.2, 0.25) is 0 Å². The molecular weight excluding hydrogens is 606 g/mol. The lowest BCUT2D eigenvalue weighted by Gasteiger charge is -2.31. The predicted molar refractivity (Wildman–Crippen MR) is 188 cm³/mol. The molecule has 11 heteroatoms. The third-order valence-electron chi connectivity index (χ3n) is 9.29. The largest absolute Gasteiger partial charge is 0.351 e. The number of piperidine rings is 1. The molecule has 4 rings (SSSR count). The highest BCUT2D eigenvalue weighted by molar-refractivity contribution is 5.95. The van der Waals surface area contributed by atoms with Crippen LogP contribution >= 0.6 is 0 Å². The van der Waals surface area contributed by atoms with Gasteiger partial charge >= 0.3 is 0 Å². The molecule has 0 saturated carbocycles. The van der Waals surface area contributed by atoms with Crippen molar-refractivity contribution in [2.24, 2.45) is 17.4 Å². The zero-order valence-corrected chi connectivity index (χ0v) is 28.5. The van der Waals surface area contributed by atoms with Crippen LogP contribution in [-0.2, 0) is 32.0 Å². The number of hydrogen-bond acceptors (Lipinski definition) is 7. The maximum atomic E-state index is 13.9. The molecule has 2 aliphatic rings. The van der Waals surface area contributed by atoms with Gasteiger partial charge in [0.05, 0.1) is 6.04 Å². The average molecular weight is 662 g/mol. The smallest absolute Gasteiger partial charge is 0.243 e. The van der Waals surface area contributed by atoms with E-state index in [0.717, 1.165) is 43.2 Å². The van der Waals surface area contributed by atoms with Crippen LogP contribution in [0, 0.1) is 5.92 Å². The summed E-state index contributed by atoms with van der Waals surface area (Å²) in [5.41, 5.74) is 13.8. The van der Waals surface area contributed by atoms with Gasteiger partial charge in [-0.3, -0.25) is 19.2 Å². The van der Waals surface area contributed by atoms with Gasteiger partial charge in [-0.1, -0.05) is 74.5 Å². The second kappa shape index (κ2) is 18.7. The summed E-state index contributed by atoms with van der Waals surface area (Å²) in [5, 5.41) is 15.5. The molecule has 262 valence electrons. The average Bonchev–Trinajstić information content (AvgIpc) is 3.41. The van der Waals surface area contributed by atoms with Gasteiger partial charge in [-0.25, -0.2) is 0 Å². The van der Waals surface area contributed by atoms with Gasteiger partial charge < -0.3 is 38.1 Å². The molecule has 0 radical (unpaired) electrons. The highest BCUT2D eigenvalue weighted by Gasteiger charge is 2.36. The van der Waals surface area contributed by atoms with Crippen LogP contribution < -0.4 is 38.1 Å². The first kappa shape index (κ1) is 37.0. The van der Waals surface area contributed by atoms with E-state index in [4.69, 9.17) is 11.5 Å². The van der Waals surface area contributed by atoms with E-state index in [-0.39, 0.29) is 24.3 Å². The minimum atomic E-state index is -0.969. The molecule has 2 aromatic carbocycles. The fourth-order valence-electron chi connectivity index (χ4n) is 6.78. The summed E-state index contributed by atoms with van der Waals surface area (Å²) in [4.78, 5) is 54.5. The van der Waals surface area contributed by atoms with Crippen molar-refractivity contribution >= 4 is 23.6 Å². The number of unbranched alkanes of at least 4 members (excludes halogenated alkanes) is 1. The summed E-state index contributed by atoms with van der Waals surface area (Å²) < 4.78 is 0. The van der Waals surface area contributed by atoms with E-state index in [9.17, 15) is 19.2 Å². The van der Waals surface area contributed by atoms with Gasteiger partial charge in [0, 0.05) is 24.5 Å². The predicted octanol–water partition coefficient (Wildman–Crippen LogP) is 1.83. The van der Waals surface area contributed by atoms with E-state index in [1.54, 1.807) is 0 Å². The fourth-order valence-corrected chi connectivity index (χ4v) is 6.78. The van der Waals surface area contributed by atoms with Gasteiger partial charge in [-0.2, -0.15) is 0 Å². The zero-order chi connectivity index (χ0) is 34.5. The molecule has 0 aromatic heterocycles. The van der Waals surface area contributed by atoms with Crippen molar-refractivity contribution in [3.8, 4) is 0 Å². The van der Waals surface area contributed by atoms with Gasteiger partial charge in [0.1, 0.15) is 18.1 Å². The maximum absolute atomic E-state index is 13.9. The molecule has 6 atom stereocenters. The number of benzene rings is 2. The van der Waals surface area contributed by atoms with Gasteiger partial charge in [0.25, 0.3) is 0 Å². The summed E-state index contributed by atoms with van der Waals surface area (Å²) in [6.07, 6.45) is 6.74. The first-order valence-electron chi connectivity index (χ1n) is 17.6. The molecule has 6 unspecified atom stereocenters. The molecule has 48 heavy (non-hydrogen) atoms. The molecule has 2 aromatic rings. The molecule has 2 bridgehead atoms. The number of hydrogen-bond donors (Lipinski definition) is 7. The van der Waals surface area contributed by atoms with E-state index >= 15 is 0 Å². The molecular formula is C37H55N7O4. The molecule has 2 aliphatic heterocycles. The normalized spacial score (nSPS) is 21.1. The number of nitrogens with two attached hydrogens (primary N) is 2. The van der Waals surface area contributed by atoms with Gasteiger partial charge in [-0.05, 0) is 81.4 Å². The zero-order valence-electron chi connectivity index (χ0n) is 28.5. The number of carbonyl (C=O) groups excluding carboxylic acids is 4. The molecule has 9 N–H and O–H groups in total. The molecule has 11 nitrogen and oxygen atoms in total. The van der Waals surface area contributed by atoms with Crippen LogP contribution in [0.15, 0.2) is 60.7 Å². The summed E-state index contributed by atoms with van der Waals surface area (Å²) >= 11 is 0. The third-order valence-corrected chi connectivity index (χ3v) is 9.29. The topological polar surface area (TPSA) is 180 Å². The summed E-state index contributed by atoms with van der Waals surface area (Å²) in [7, 11) is 0. The molecule has 0 aliphatic carbocycles. The number of amides is 4. The first-order chi connectivity index (χ1) is 23.1. The van der Waals surface area contributed by atoms with E-state index < -0.39 is 41.9 Å². The van der Waals surface area contributed by atoms with Crippen molar-refractivity contribution in [3.05, 3.63) is 71.8 Å². The number of nitrogens with one attached hydrogen (secondary N) is 5. The fraction of sp³-hybridized carbons (Fsp3) is 0.568. The van der Waals surface area contributed by atoms with Crippen molar-refractivity contribution in [1.29, 1.82) is 0 Å². The lowest BCUT2D eigenvalue weighted by Crippen LogP contribution is -2.59. The number of fused-ring (bicyclic) bond motifs is 2. The Balaban J connectivity index is 1.45. The second-order valence-electron chi connectivity index (χ2n) is 13.9. The molecule has 4 amide bonds. The Morgan fingerprint density at radius 2 is 1.27 bits per heavy atom. The van der Waals surface area contributed by atoms with Crippen molar-refractivity contribution in [3.63, 3.8) is 0 Å². The molecule has 0 spiro atoms. The first-order valence-corrected chi connectivity index (χ1v) is 17.6. The van der Waals surface area contributed by atoms with E-state index in [1.807, 2.05) is 74.5 Å². The quantitative estimate of drug-likeness (QED) is 0.119. The van der Waals surface area contributed by atoms with Gasteiger partial charge in [0.2, 0.25) is 23.6 Å². The molecule has 2 saturated heterocycles. The van der Waals surface area contributed by atoms with E-state index in [2.05, 4.69) is 26.6 Å². The summed E-state index contributed by atoms with van der Waals surface area (Å²) in [6.45, 7) is 4.43. The molecule has 2 heterocycles. The summed E-state index contributed by atoms with van der Waals surface area (Å²) in [6, 6.07) is 16.2. The van der Waals surface area contributed by atoms with Crippen molar-refractivity contribution in [2.45, 2.75) is 120 Å². The van der Waals surface area contributed by atoms with E-state index in [1.165, 1.54) is 0 Å². The van der Waals surface area contributed by atoms with Gasteiger partial charge in [-0.15, -0.1) is 0 Å². The molecule has 2 fully saturated rings. The Labute approximate surface area is 285 Å². The standard InChI is InChI=1S/C37H55N7O4/c1-24(2)19-32(36(47)42-31(15-9-10-18-38)35(46)41-29-22-27-16-17-28(23-29)40-27)44-37(48)33(21-26-13-7-4-8-14-26)43-34(45)30(39)20-25-11-5-3-6-12-25/h3-8,11-14,24,27-33,40H,9-10,15-23,38-39H2,1-2H3,(H,41,46)(H,42,47)(H,43,45)(H,44,48). The van der Waals surface area contributed by atoms with Crippen molar-refractivity contribution in [1.82, 2.24) is 26.6 Å².